The number of nitrogens with zero attached hydrogens (tertiary/aromatic N) is 1. The predicted molar refractivity (Wildman–Crippen MR) is 80.0 cm³/mol. The van der Waals surface area contributed by atoms with E-state index in [9.17, 15) is 4.79 Å². The molecule has 0 radical (unpaired) electrons. The number of fused-ring (bicyclic) bond motifs is 1. The van der Waals surface area contributed by atoms with Crippen molar-refractivity contribution in [3.63, 3.8) is 0 Å². The average Bonchev–Trinajstić information content (AvgIpc) is 2.91. The Morgan fingerprint density at radius 2 is 1.70 bits per heavy atom. The Morgan fingerprint density at radius 1 is 1.15 bits per heavy atom. The first kappa shape index (κ1) is 13.6. The molecule has 1 saturated heterocycles. The summed E-state index contributed by atoms with van der Waals surface area (Å²) in [7, 11) is 0. The van der Waals surface area contributed by atoms with E-state index in [2.05, 4.69) is 0 Å². The van der Waals surface area contributed by atoms with Crippen LogP contribution < -0.4 is 5.73 Å². The van der Waals surface area contributed by atoms with Crippen LogP contribution in [-0.4, -0.2) is 23.9 Å². The largest absolute Gasteiger partial charge is 0.340 e. The van der Waals surface area contributed by atoms with Gasteiger partial charge in [-0.2, -0.15) is 0 Å². The van der Waals surface area contributed by atoms with Gasteiger partial charge in [-0.25, -0.2) is 0 Å². The van der Waals surface area contributed by atoms with E-state index < -0.39 is 5.54 Å². The molecule has 1 aromatic carbocycles. The molecule has 2 fully saturated rings. The van der Waals surface area contributed by atoms with Crippen LogP contribution in [0.5, 0.6) is 0 Å². The van der Waals surface area contributed by atoms with Gasteiger partial charge in [0.2, 0.25) is 5.91 Å². The Kier molecular flexibility index (Phi) is 3.55. The van der Waals surface area contributed by atoms with Gasteiger partial charge < -0.3 is 10.6 Å². The lowest BCUT2D eigenvalue weighted by Gasteiger charge is -2.29. The van der Waals surface area contributed by atoms with E-state index in [0.717, 1.165) is 18.7 Å². The summed E-state index contributed by atoms with van der Waals surface area (Å²) in [5, 5.41) is 0. The minimum absolute atomic E-state index is 0.0816. The lowest BCUT2D eigenvalue weighted by Crippen LogP contribution is -2.50. The Morgan fingerprint density at radius 3 is 2.25 bits per heavy atom. The molecule has 1 amide bonds. The molecule has 0 spiro atoms. The molecule has 2 N–H and O–H groups in total. The van der Waals surface area contributed by atoms with Crippen LogP contribution in [0.1, 0.15) is 38.2 Å². The van der Waals surface area contributed by atoms with Gasteiger partial charge in [-0.1, -0.05) is 43.2 Å². The number of carbonyl (C=O) groups is 1. The number of amides is 1. The molecule has 2 aliphatic rings. The van der Waals surface area contributed by atoms with Crippen LogP contribution in [0.25, 0.3) is 0 Å². The highest BCUT2D eigenvalue weighted by Crippen LogP contribution is 2.37. The molecule has 1 aliphatic heterocycles. The van der Waals surface area contributed by atoms with Crippen molar-refractivity contribution in [3.05, 3.63) is 35.9 Å². The second kappa shape index (κ2) is 5.21. The molecule has 108 valence electrons. The molecule has 0 bridgehead atoms. The van der Waals surface area contributed by atoms with Crippen molar-refractivity contribution < 1.29 is 4.79 Å². The molecule has 1 aliphatic carbocycles. The fraction of sp³-hybridized carbons (Fsp3) is 0.588. The summed E-state index contributed by atoms with van der Waals surface area (Å²) < 4.78 is 0. The Labute approximate surface area is 121 Å². The van der Waals surface area contributed by atoms with Crippen molar-refractivity contribution in [1.29, 1.82) is 0 Å². The molecule has 3 heteroatoms. The number of rotatable bonds is 2. The second-order valence-corrected chi connectivity index (χ2v) is 6.58. The van der Waals surface area contributed by atoms with Gasteiger partial charge in [0.25, 0.3) is 0 Å². The van der Waals surface area contributed by atoms with Gasteiger partial charge in [0.15, 0.2) is 0 Å². The van der Waals surface area contributed by atoms with Crippen molar-refractivity contribution in [2.24, 2.45) is 17.6 Å². The summed E-state index contributed by atoms with van der Waals surface area (Å²) in [6.07, 6.45) is 5.20. The third kappa shape index (κ3) is 2.35. The third-order valence-electron chi connectivity index (χ3n) is 5.08. The van der Waals surface area contributed by atoms with E-state index in [-0.39, 0.29) is 5.91 Å². The summed E-state index contributed by atoms with van der Waals surface area (Å²) in [4.78, 5) is 14.8. The number of nitrogens with two attached hydrogens (primary N) is 1. The molecular formula is C17H24N2O. The van der Waals surface area contributed by atoms with E-state index in [1.165, 1.54) is 25.7 Å². The number of likely N-dealkylation sites (tertiary alicyclic amines) is 1. The maximum absolute atomic E-state index is 12.8. The Balaban J connectivity index is 1.76. The van der Waals surface area contributed by atoms with Crippen LogP contribution in [0.2, 0.25) is 0 Å². The highest BCUT2D eigenvalue weighted by Gasteiger charge is 2.41. The molecular weight excluding hydrogens is 248 g/mol. The van der Waals surface area contributed by atoms with Gasteiger partial charge in [0.05, 0.1) is 0 Å². The molecule has 1 aromatic rings. The van der Waals surface area contributed by atoms with Crippen LogP contribution in [0.15, 0.2) is 30.3 Å². The zero-order valence-corrected chi connectivity index (χ0v) is 12.2. The van der Waals surface area contributed by atoms with Crippen molar-refractivity contribution in [2.45, 2.75) is 38.1 Å². The van der Waals surface area contributed by atoms with Crippen LogP contribution in [-0.2, 0) is 10.3 Å². The highest BCUT2D eigenvalue weighted by molar-refractivity contribution is 5.87. The molecule has 20 heavy (non-hydrogen) atoms. The smallest absolute Gasteiger partial charge is 0.246 e. The molecule has 3 rings (SSSR count). The van der Waals surface area contributed by atoms with Gasteiger partial charge in [0.1, 0.15) is 5.54 Å². The standard InChI is InChI=1S/C17H24N2O/c1-17(18,15-9-3-2-4-10-15)16(20)19-11-13-7-5-6-8-14(13)12-19/h2-4,9-10,13-14H,5-8,11-12,18H2,1H3. The van der Waals surface area contributed by atoms with E-state index in [1.807, 2.05) is 42.2 Å². The van der Waals surface area contributed by atoms with Crippen molar-refractivity contribution in [3.8, 4) is 0 Å². The van der Waals surface area contributed by atoms with Crippen LogP contribution >= 0.6 is 0 Å². The van der Waals surface area contributed by atoms with E-state index in [1.54, 1.807) is 0 Å². The SMILES string of the molecule is CC(N)(C(=O)N1CC2CCCCC2C1)c1ccccc1. The quantitative estimate of drug-likeness (QED) is 0.899. The summed E-state index contributed by atoms with van der Waals surface area (Å²) >= 11 is 0. The first-order chi connectivity index (χ1) is 9.59. The van der Waals surface area contributed by atoms with Gasteiger partial charge in [-0.05, 0) is 37.2 Å². The Bertz CT molecular complexity index is 469. The van der Waals surface area contributed by atoms with Gasteiger partial charge >= 0.3 is 0 Å². The van der Waals surface area contributed by atoms with Gasteiger partial charge in [0, 0.05) is 13.1 Å². The minimum atomic E-state index is -0.908. The fourth-order valence-electron chi connectivity index (χ4n) is 3.81. The normalized spacial score (nSPS) is 28.8. The zero-order valence-electron chi connectivity index (χ0n) is 12.2. The number of benzene rings is 1. The van der Waals surface area contributed by atoms with Gasteiger partial charge in [-0.15, -0.1) is 0 Å². The average molecular weight is 272 g/mol. The van der Waals surface area contributed by atoms with Crippen LogP contribution in [0, 0.1) is 11.8 Å². The van der Waals surface area contributed by atoms with Crippen LogP contribution in [0.4, 0.5) is 0 Å². The monoisotopic (exact) mass is 272 g/mol. The molecule has 3 atom stereocenters. The van der Waals surface area contributed by atoms with Crippen molar-refractivity contribution in [2.75, 3.05) is 13.1 Å². The maximum Gasteiger partial charge on any atom is 0.246 e. The summed E-state index contributed by atoms with van der Waals surface area (Å²) in [5.74, 6) is 1.50. The summed E-state index contributed by atoms with van der Waals surface area (Å²) in [5.41, 5.74) is 6.35. The van der Waals surface area contributed by atoms with Gasteiger partial charge in [-0.3, -0.25) is 4.79 Å². The maximum atomic E-state index is 12.8. The minimum Gasteiger partial charge on any atom is -0.340 e. The predicted octanol–water partition coefficient (Wildman–Crippen LogP) is 2.51. The summed E-state index contributed by atoms with van der Waals surface area (Å²) in [6.45, 7) is 3.65. The molecule has 1 saturated carbocycles. The number of carbonyl (C=O) groups excluding carboxylic acids is 1. The van der Waals surface area contributed by atoms with Crippen molar-refractivity contribution >= 4 is 5.91 Å². The number of hydrogen-bond donors (Lipinski definition) is 1. The lowest BCUT2D eigenvalue weighted by atomic mass is 9.82. The highest BCUT2D eigenvalue weighted by atomic mass is 16.2. The molecule has 1 heterocycles. The lowest BCUT2D eigenvalue weighted by molar-refractivity contribution is -0.135. The fourth-order valence-corrected chi connectivity index (χ4v) is 3.81. The molecule has 3 unspecified atom stereocenters. The topological polar surface area (TPSA) is 46.3 Å². The number of hydrogen-bond acceptors (Lipinski definition) is 2. The van der Waals surface area contributed by atoms with E-state index in [0.29, 0.717) is 11.8 Å². The second-order valence-electron chi connectivity index (χ2n) is 6.58. The summed E-state index contributed by atoms with van der Waals surface area (Å²) in [6, 6.07) is 9.73. The zero-order chi connectivity index (χ0) is 14.2. The van der Waals surface area contributed by atoms with E-state index in [4.69, 9.17) is 5.73 Å². The Hall–Kier alpha value is -1.35. The first-order valence-corrected chi connectivity index (χ1v) is 7.73. The third-order valence-corrected chi connectivity index (χ3v) is 5.08. The molecule has 3 nitrogen and oxygen atoms in total. The first-order valence-electron chi connectivity index (χ1n) is 7.73. The van der Waals surface area contributed by atoms with E-state index >= 15 is 0 Å². The van der Waals surface area contributed by atoms with Crippen LogP contribution in [0.3, 0.4) is 0 Å². The van der Waals surface area contributed by atoms with Crippen molar-refractivity contribution in [1.82, 2.24) is 4.90 Å². The molecule has 0 aromatic heterocycles.